The van der Waals surface area contributed by atoms with Gasteiger partial charge in [-0.05, 0) is 37.1 Å². The molecule has 1 aromatic heterocycles. The van der Waals surface area contributed by atoms with E-state index in [0.717, 1.165) is 36.9 Å². The second-order valence-electron chi connectivity index (χ2n) is 4.38. The fraction of sp³-hybridized carbons (Fsp3) is 0.500. The fourth-order valence-electron chi connectivity index (χ4n) is 2.20. The summed E-state index contributed by atoms with van der Waals surface area (Å²) in [4.78, 5) is 14.7. The number of likely N-dealkylation sites (tertiary alicyclic amines) is 1. The van der Waals surface area contributed by atoms with Crippen molar-refractivity contribution >= 4 is 34.5 Å². The van der Waals surface area contributed by atoms with E-state index in [2.05, 4.69) is 0 Å². The van der Waals surface area contributed by atoms with Gasteiger partial charge >= 0.3 is 0 Å². The molecule has 5 heteroatoms. The highest BCUT2D eigenvalue weighted by molar-refractivity contribution is 7.80. The van der Waals surface area contributed by atoms with Crippen molar-refractivity contribution in [2.24, 2.45) is 5.73 Å². The molecule has 17 heavy (non-hydrogen) atoms. The zero-order chi connectivity index (χ0) is 12.4. The Balaban J connectivity index is 2.23. The van der Waals surface area contributed by atoms with Crippen molar-refractivity contribution in [3.05, 3.63) is 21.9 Å². The van der Waals surface area contributed by atoms with Crippen molar-refractivity contribution in [1.29, 1.82) is 0 Å². The molecule has 0 bridgehead atoms. The molecule has 3 nitrogen and oxygen atoms in total. The second-order valence-corrected chi connectivity index (χ2v) is 5.60. The van der Waals surface area contributed by atoms with E-state index in [1.165, 1.54) is 0 Å². The maximum atomic E-state index is 12.4. The van der Waals surface area contributed by atoms with Crippen LogP contribution in [0.1, 0.15) is 35.2 Å². The van der Waals surface area contributed by atoms with Gasteiger partial charge in [0.25, 0.3) is 5.91 Å². The highest BCUT2D eigenvalue weighted by atomic mass is 32.1. The van der Waals surface area contributed by atoms with Gasteiger partial charge in [0, 0.05) is 11.9 Å². The van der Waals surface area contributed by atoms with Gasteiger partial charge in [0.05, 0.1) is 16.6 Å². The van der Waals surface area contributed by atoms with Crippen LogP contribution in [0.2, 0.25) is 0 Å². The lowest BCUT2D eigenvalue weighted by atomic mass is 10.0. The smallest absolute Gasteiger partial charge is 0.255 e. The number of nitrogens with two attached hydrogens (primary N) is 1. The molecule has 1 aliphatic rings. The van der Waals surface area contributed by atoms with Crippen LogP contribution < -0.4 is 5.73 Å². The number of nitrogens with zero attached hydrogens (tertiary/aromatic N) is 1. The van der Waals surface area contributed by atoms with Crippen molar-refractivity contribution in [2.45, 2.75) is 32.2 Å². The molecular formula is C12H16N2OS2. The number of carbonyl (C=O) groups excluding carboxylic acids is 1. The summed E-state index contributed by atoms with van der Waals surface area (Å²) in [5.41, 5.74) is 7.55. The van der Waals surface area contributed by atoms with Crippen LogP contribution in [0, 0.1) is 6.92 Å². The maximum absolute atomic E-state index is 12.4. The molecule has 1 atom stereocenters. The summed E-state index contributed by atoms with van der Waals surface area (Å²) in [7, 11) is 0. The fourth-order valence-corrected chi connectivity index (χ4v) is 3.27. The van der Waals surface area contributed by atoms with Gasteiger partial charge in [-0.1, -0.05) is 12.2 Å². The molecule has 1 aromatic rings. The van der Waals surface area contributed by atoms with Crippen LogP contribution in [-0.2, 0) is 0 Å². The van der Waals surface area contributed by atoms with E-state index in [1.807, 2.05) is 22.6 Å². The Bertz CT molecular complexity index is 441. The van der Waals surface area contributed by atoms with E-state index in [4.69, 9.17) is 18.0 Å². The second kappa shape index (κ2) is 5.14. The SMILES string of the molecule is Cc1cscc1C(=O)N1CCCCC1C(N)=S. The van der Waals surface area contributed by atoms with Crippen LogP contribution in [0.3, 0.4) is 0 Å². The third-order valence-electron chi connectivity index (χ3n) is 3.18. The first-order valence-corrected chi connectivity index (χ1v) is 7.09. The lowest BCUT2D eigenvalue weighted by molar-refractivity contribution is 0.0681. The molecule has 1 aliphatic heterocycles. The average Bonchev–Trinajstić information content (AvgIpc) is 2.74. The third-order valence-corrected chi connectivity index (χ3v) is 4.31. The van der Waals surface area contributed by atoms with Gasteiger partial charge in [-0.15, -0.1) is 0 Å². The molecule has 2 heterocycles. The summed E-state index contributed by atoms with van der Waals surface area (Å²) in [6, 6.07) is -0.0643. The monoisotopic (exact) mass is 268 g/mol. The highest BCUT2D eigenvalue weighted by Gasteiger charge is 2.29. The maximum Gasteiger partial charge on any atom is 0.255 e. The van der Waals surface area contributed by atoms with Gasteiger partial charge in [-0.2, -0.15) is 11.3 Å². The Hall–Kier alpha value is -0.940. The van der Waals surface area contributed by atoms with Gasteiger partial charge in [0.15, 0.2) is 0 Å². The van der Waals surface area contributed by atoms with Crippen molar-refractivity contribution in [3.63, 3.8) is 0 Å². The first kappa shape index (κ1) is 12.5. The number of hydrogen-bond acceptors (Lipinski definition) is 3. The van der Waals surface area contributed by atoms with E-state index in [1.54, 1.807) is 11.3 Å². The van der Waals surface area contributed by atoms with E-state index < -0.39 is 0 Å². The minimum absolute atomic E-state index is 0.0643. The molecule has 2 rings (SSSR count). The summed E-state index contributed by atoms with van der Waals surface area (Å²) < 4.78 is 0. The minimum Gasteiger partial charge on any atom is -0.392 e. The molecule has 1 amide bonds. The molecule has 2 N–H and O–H groups in total. The van der Waals surface area contributed by atoms with Crippen molar-refractivity contribution < 1.29 is 4.79 Å². The first-order valence-electron chi connectivity index (χ1n) is 5.74. The Morgan fingerprint density at radius 1 is 1.53 bits per heavy atom. The predicted octanol–water partition coefficient (Wildman–Crippen LogP) is 2.34. The lowest BCUT2D eigenvalue weighted by Gasteiger charge is -2.35. The van der Waals surface area contributed by atoms with Crippen molar-refractivity contribution in [3.8, 4) is 0 Å². The Morgan fingerprint density at radius 2 is 2.29 bits per heavy atom. The van der Waals surface area contributed by atoms with Gasteiger partial charge in [0.1, 0.15) is 0 Å². The predicted molar refractivity (Wildman–Crippen MR) is 74.5 cm³/mol. The van der Waals surface area contributed by atoms with Gasteiger partial charge in [-0.3, -0.25) is 4.79 Å². The van der Waals surface area contributed by atoms with Crippen LogP contribution in [0.15, 0.2) is 10.8 Å². The van der Waals surface area contributed by atoms with Crippen LogP contribution in [0.5, 0.6) is 0 Å². The van der Waals surface area contributed by atoms with Crippen LogP contribution >= 0.6 is 23.6 Å². The molecule has 0 saturated carbocycles. The number of hydrogen-bond donors (Lipinski definition) is 1. The Labute approximate surface area is 111 Å². The molecule has 1 fully saturated rings. The normalized spacial score (nSPS) is 20.3. The standard InChI is InChI=1S/C12H16N2OS2/c1-8-6-17-7-9(8)12(15)14-5-3-2-4-10(14)11(13)16/h6-7,10H,2-5H2,1H3,(H2,13,16). The van der Waals surface area contributed by atoms with Crippen LogP contribution in [0.25, 0.3) is 0 Å². The molecular weight excluding hydrogens is 252 g/mol. The molecule has 1 saturated heterocycles. The number of rotatable bonds is 2. The zero-order valence-electron chi connectivity index (χ0n) is 9.81. The van der Waals surface area contributed by atoms with Gasteiger partial charge in [-0.25, -0.2) is 0 Å². The number of aryl methyl sites for hydroxylation is 1. The number of thiophene rings is 1. The number of thiocarbonyl (C=S) groups is 1. The van der Waals surface area contributed by atoms with E-state index in [0.29, 0.717) is 4.99 Å². The number of carbonyl (C=O) groups is 1. The summed E-state index contributed by atoms with van der Waals surface area (Å²) in [5.74, 6) is 0.0706. The van der Waals surface area contributed by atoms with Crippen LogP contribution in [0.4, 0.5) is 0 Å². The topological polar surface area (TPSA) is 46.3 Å². The van der Waals surface area contributed by atoms with E-state index in [9.17, 15) is 4.79 Å². The highest BCUT2D eigenvalue weighted by Crippen LogP contribution is 2.23. The van der Waals surface area contributed by atoms with Gasteiger partial charge < -0.3 is 10.6 Å². The number of piperidine rings is 1. The molecule has 92 valence electrons. The molecule has 0 aromatic carbocycles. The molecule has 0 aliphatic carbocycles. The van der Waals surface area contributed by atoms with Gasteiger partial charge in [0.2, 0.25) is 0 Å². The zero-order valence-corrected chi connectivity index (χ0v) is 11.4. The molecule has 0 spiro atoms. The van der Waals surface area contributed by atoms with Crippen LogP contribution in [-0.4, -0.2) is 28.4 Å². The summed E-state index contributed by atoms with van der Waals surface area (Å²) >= 11 is 6.62. The summed E-state index contributed by atoms with van der Waals surface area (Å²) in [6.07, 6.45) is 3.02. The Morgan fingerprint density at radius 3 is 2.88 bits per heavy atom. The largest absolute Gasteiger partial charge is 0.392 e. The first-order chi connectivity index (χ1) is 8.11. The minimum atomic E-state index is -0.0643. The molecule has 0 radical (unpaired) electrons. The summed E-state index contributed by atoms with van der Waals surface area (Å²) in [6.45, 7) is 2.72. The number of amides is 1. The van der Waals surface area contributed by atoms with E-state index >= 15 is 0 Å². The lowest BCUT2D eigenvalue weighted by Crippen LogP contribution is -2.49. The Kier molecular flexibility index (Phi) is 3.79. The third kappa shape index (κ3) is 2.50. The van der Waals surface area contributed by atoms with E-state index in [-0.39, 0.29) is 11.9 Å². The quantitative estimate of drug-likeness (QED) is 0.837. The van der Waals surface area contributed by atoms with Crippen molar-refractivity contribution in [2.75, 3.05) is 6.54 Å². The van der Waals surface area contributed by atoms with Crippen molar-refractivity contribution in [1.82, 2.24) is 4.90 Å². The summed E-state index contributed by atoms with van der Waals surface area (Å²) in [5, 5.41) is 3.90. The average molecular weight is 268 g/mol. The molecule has 1 unspecified atom stereocenters.